The number of urea groups is 1. The first-order valence-corrected chi connectivity index (χ1v) is 5.51. The second kappa shape index (κ2) is 5.95. The van der Waals surface area contributed by atoms with E-state index in [-0.39, 0.29) is 6.54 Å². The third-order valence-electron chi connectivity index (χ3n) is 1.71. The Labute approximate surface area is 112 Å². The molecule has 0 fully saturated rings. The van der Waals surface area contributed by atoms with Gasteiger partial charge in [-0.25, -0.2) is 4.79 Å². The molecule has 0 radical (unpaired) electrons. The van der Waals surface area contributed by atoms with Crippen LogP contribution in [-0.2, 0) is 4.79 Å². The maximum atomic E-state index is 11.1. The van der Waals surface area contributed by atoms with E-state index in [4.69, 9.17) is 40.5 Å². The number of nitrogens with one attached hydrogen (secondary N) is 2. The predicted molar refractivity (Wildman–Crippen MR) is 67.7 cm³/mol. The molecule has 17 heavy (non-hydrogen) atoms. The van der Waals surface area contributed by atoms with Crippen molar-refractivity contribution in [1.82, 2.24) is 5.32 Å². The van der Waals surface area contributed by atoms with Crippen LogP contribution in [0.1, 0.15) is 0 Å². The second-order valence-electron chi connectivity index (χ2n) is 3.01. The molecule has 0 bridgehead atoms. The number of rotatable bonds is 3. The number of carbonyl (C=O) groups is 2. The highest BCUT2D eigenvalue weighted by molar-refractivity contribution is 6.44. The third kappa shape index (κ3) is 4.30. The highest BCUT2D eigenvalue weighted by Crippen LogP contribution is 2.31. The minimum atomic E-state index is -0.919. The zero-order valence-corrected chi connectivity index (χ0v) is 10.7. The average Bonchev–Trinajstić information content (AvgIpc) is 2.20. The summed E-state index contributed by atoms with van der Waals surface area (Å²) in [4.78, 5) is 21.5. The summed E-state index contributed by atoms with van der Waals surface area (Å²) >= 11 is 17.4. The van der Waals surface area contributed by atoms with Gasteiger partial charge in [-0.1, -0.05) is 34.8 Å². The van der Waals surface area contributed by atoms with Crippen LogP contribution in [0.5, 0.6) is 0 Å². The molecule has 3 amide bonds. The number of amides is 3. The zero-order valence-electron chi connectivity index (χ0n) is 8.39. The van der Waals surface area contributed by atoms with Gasteiger partial charge >= 0.3 is 6.03 Å². The number of primary amides is 1. The van der Waals surface area contributed by atoms with E-state index >= 15 is 0 Å². The summed E-state index contributed by atoms with van der Waals surface area (Å²) in [5, 5.41) is 5.51. The molecule has 0 aliphatic heterocycles. The lowest BCUT2D eigenvalue weighted by molar-refractivity contribution is -0.118. The molecular formula is C9H8Cl3N3O2. The Kier molecular flexibility index (Phi) is 4.86. The Morgan fingerprint density at radius 1 is 1.12 bits per heavy atom. The summed E-state index contributed by atoms with van der Waals surface area (Å²) in [5.74, 6) is -0.584. The summed E-state index contributed by atoms with van der Waals surface area (Å²) in [6.45, 7) is -0.166. The smallest absolute Gasteiger partial charge is 0.318 e. The van der Waals surface area contributed by atoms with Crippen LogP contribution in [0.2, 0.25) is 15.1 Å². The molecule has 8 heteroatoms. The van der Waals surface area contributed by atoms with Crippen LogP contribution in [0.25, 0.3) is 0 Å². The lowest BCUT2D eigenvalue weighted by Crippen LogP contribution is -2.38. The predicted octanol–water partition coefficient (Wildman–Crippen LogP) is 2.25. The maximum absolute atomic E-state index is 11.1. The van der Waals surface area contributed by atoms with Crippen LogP contribution >= 0.6 is 34.8 Å². The molecule has 0 aliphatic carbocycles. The monoisotopic (exact) mass is 295 g/mol. The molecule has 0 spiro atoms. The summed E-state index contributed by atoms with van der Waals surface area (Å²) in [7, 11) is 0. The summed E-state index contributed by atoms with van der Waals surface area (Å²) in [6.07, 6.45) is 0. The van der Waals surface area contributed by atoms with Gasteiger partial charge in [0.2, 0.25) is 5.91 Å². The van der Waals surface area contributed by atoms with Gasteiger partial charge in [-0.05, 0) is 12.1 Å². The molecule has 1 rings (SSSR count). The van der Waals surface area contributed by atoms with Crippen molar-refractivity contribution in [2.24, 2.45) is 5.73 Å². The Hall–Kier alpha value is -1.17. The number of halogens is 3. The largest absolute Gasteiger partial charge is 0.375 e. The fourth-order valence-electron chi connectivity index (χ4n) is 1.02. The maximum Gasteiger partial charge on any atom is 0.318 e. The normalized spacial score (nSPS) is 9.82. The molecule has 0 aliphatic rings. The van der Waals surface area contributed by atoms with Crippen LogP contribution in [0.4, 0.5) is 10.5 Å². The standard InChI is InChI=1S/C9H8Cl3N3O2/c10-4-1-6(12)7(2-5(4)11)14-3-8(16)15-9(13)17/h1-2,14H,3H2,(H3,13,15,16,17). The fraction of sp³-hybridized carbons (Fsp3) is 0.111. The summed E-state index contributed by atoms with van der Waals surface area (Å²) in [5.41, 5.74) is 5.20. The van der Waals surface area contributed by atoms with Gasteiger partial charge in [0.05, 0.1) is 27.3 Å². The molecule has 1 aromatic rings. The molecule has 0 saturated heterocycles. The molecular weight excluding hydrogens is 288 g/mol. The van der Waals surface area contributed by atoms with Gasteiger partial charge in [-0.3, -0.25) is 10.1 Å². The molecule has 0 atom stereocenters. The fourth-order valence-corrected chi connectivity index (χ4v) is 1.63. The molecule has 92 valence electrons. The Morgan fingerprint density at radius 3 is 2.29 bits per heavy atom. The van der Waals surface area contributed by atoms with Crippen molar-refractivity contribution in [3.8, 4) is 0 Å². The zero-order chi connectivity index (χ0) is 13.0. The molecule has 0 saturated carbocycles. The molecule has 0 aromatic heterocycles. The van der Waals surface area contributed by atoms with Crippen molar-refractivity contribution in [3.05, 3.63) is 27.2 Å². The van der Waals surface area contributed by atoms with Gasteiger partial charge in [0.25, 0.3) is 0 Å². The first-order valence-electron chi connectivity index (χ1n) is 4.38. The highest BCUT2D eigenvalue weighted by atomic mass is 35.5. The highest BCUT2D eigenvalue weighted by Gasteiger charge is 2.08. The van der Waals surface area contributed by atoms with Crippen molar-refractivity contribution in [3.63, 3.8) is 0 Å². The van der Waals surface area contributed by atoms with Crippen molar-refractivity contribution in [1.29, 1.82) is 0 Å². The number of hydrogen-bond acceptors (Lipinski definition) is 3. The van der Waals surface area contributed by atoms with Gasteiger partial charge in [-0.2, -0.15) is 0 Å². The molecule has 0 unspecified atom stereocenters. The van der Waals surface area contributed by atoms with E-state index in [0.29, 0.717) is 20.8 Å². The topological polar surface area (TPSA) is 84.2 Å². The number of benzene rings is 1. The van der Waals surface area contributed by atoms with Crippen LogP contribution < -0.4 is 16.4 Å². The van der Waals surface area contributed by atoms with Crippen molar-refractivity contribution >= 4 is 52.4 Å². The molecule has 1 aromatic carbocycles. The molecule has 4 N–H and O–H groups in total. The van der Waals surface area contributed by atoms with E-state index < -0.39 is 11.9 Å². The number of anilines is 1. The van der Waals surface area contributed by atoms with Crippen LogP contribution in [0.15, 0.2) is 12.1 Å². The van der Waals surface area contributed by atoms with E-state index in [1.54, 1.807) is 0 Å². The Bertz CT molecular complexity index is 465. The quantitative estimate of drug-likeness (QED) is 0.748. The SMILES string of the molecule is NC(=O)NC(=O)CNc1cc(Cl)c(Cl)cc1Cl. The Morgan fingerprint density at radius 2 is 1.71 bits per heavy atom. The first kappa shape index (κ1) is 13.9. The summed E-state index contributed by atoms with van der Waals surface area (Å²) in [6, 6.07) is 2.00. The third-order valence-corrected chi connectivity index (χ3v) is 2.75. The second-order valence-corrected chi connectivity index (χ2v) is 4.23. The number of hydrogen-bond donors (Lipinski definition) is 3. The average molecular weight is 297 g/mol. The lowest BCUT2D eigenvalue weighted by atomic mass is 10.3. The van der Waals surface area contributed by atoms with Gasteiger partial charge in [-0.15, -0.1) is 0 Å². The van der Waals surface area contributed by atoms with Gasteiger partial charge in [0.15, 0.2) is 0 Å². The molecule has 0 heterocycles. The summed E-state index contributed by atoms with van der Waals surface area (Å²) < 4.78 is 0. The van der Waals surface area contributed by atoms with Crippen molar-refractivity contribution in [2.45, 2.75) is 0 Å². The minimum absolute atomic E-state index is 0.166. The van der Waals surface area contributed by atoms with E-state index in [0.717, 1.165) is 0 Å². The van der Waals surface area contributed by atoms with Gasteiger partial charge < -0.3 is 11.1 Å². The van der Waals surface area contributed by atoms with Crippen LogP contribution in [-0.4, -0.2) is 18.5 Å². The van der Waals surface area contributed by atoms with Crippen LogP contribution in [0, 0.1) is 0 Å². The van der Waals surface area contributed by atoms with Gasteiger partial charge in [0, 0.05) is 0 Å². The van der Waals surface area contributed by atoms with E-state index in [1.807, 2.05) is 5.32 Å². The van der Waals surface area contributed by atoms with E-state index in [1.165, 1.54) is 12.1 Å². The number of carbonyl (C=O) groups excluding carboxylic acids is 2. The van der Waals surface area contributed by atoms with Gasteiger partial charge in [0.1, 0.15) is 0 Å². The van der Waals surface area contributed by atoms with Crippen molar-refractivity contribution in [2.75, 3.05) is 11.9 Å². The Balaban J connectivity index is 2.66. The van der Waals surface area contributed by atoms with Crippen molar-refractivity contribution < 1.29 is 9.59 Å². The van der Waals surface area contributed by atoms with Crippen LogP contribution in [0.3, 0.4) is 0 Å². The lowest BCUT2D eigenvalue weighted by Gasteiger charge is -2.09. The van der Waals surface area contributed by atoms with E-state index in [9.17, 15) is 9.59 Å². The minimum Gasteiger partial charge on any atom is -0.375 e. The number of nitrogens with two attached hydrogens (primary N) is 1. The number of imide groups is 1. The first-order chi connectivity index (χ1) is 7.90. The molecule has 5 nitrogen and oxygen atoms in total. The van der Waals surface area contributed by atoms with E-state index in [2.05, 4.69) is 5.32 Å².